The van der Waals surface area contributed by atoms with Gasteiger partial charge < -0.3 is 9.73 Å². The van der Waals surface area contributed by atoms with Crippen LogP contribution in [0.4, 0.5) is 5.69 Å². The van der Waals surface area contributed by atoms with Crippen molar-refractivity contribution in [2.24, 2.45) is 0 Å². The number of nitrogens with one attached hydrogen (secondary N) is 1. The second-order valence-electron chi connectivity index (χ2n) is 3.92. The third-order valence-corrected chi connectivity index (χ3v) is 2.69. The molecule has 3 nitrogen and oxygen atoms in total. The van der Waals surface area contributed by atoms with Crippen molar-refractivity contribution in [2.75, 3.05) is 5.32 Å². The van der Waals surface area contributed by atoms with E-state index in [0.717, 1.165) is 16.5 Å². The molecule has 3 aromatic rings. The van der Waals surface area contributed by atoms with Crippen molar-refractivity contribution in [3.05, 3.63) is 66.6 Å². The van der Waals surface area contributed by atoms with Gasteiger partial charge in [0.15, 0.2) is 5.76 Å². The largest absolute Gasteiger partial charge is 0.459 e. The zero-order chi connectivity index (χ0) is 12.4. The molecule has 0 bridgehead atoms. The van der Waals surface area contributed by atoms with Crippen LogP contribution in [0.3, 0.4) is 0 Å². The Kier molecular flexibility index (Phi) is 2.57. The third kappa shape index (κ3) is 1.98. The van der Waals surface area contributed by atoms with Gasteiger partial charge in [0.25, 0.3) is 5.91 Å². The Morgan fingerprint density at radius 2 is 2.11 bits per heavy atom. The average molecular weight is 236 g/mol. The zero-order valence-electron chi connectivity index (χ0n) is 9.51. The Balaban J connectivity index is 1.89. The molecule has 0 aliphatic heterocycles. The van der Waals surface area contributed by atoms with Crippen molar-refractivity contribution in [3.63, 3.8) is 0 Å². The summed E-state index contributed by atoms with van der Waals surface area (Å²) in [5.41, 5.74) is 0.739. The predicted octanol–water partition coefficient (Wildman–Crippen LogP) is 3.49. The van der Waals surface area contributed by atoms with Gasteiger partial charge in [-0.1, -0.05) is 18.2 Å². The lowest BCUT2D eigenvalue weighted by Gasteiger charge is -2.04. The number of hydrogen-bond acceptors (Lipinski definition) is 2. The lowest BCUT2D eigenvalue weighted by Crippen LogP contribution is -2.10. The van der Waals surface area contributed by atoms with E-state index in [0.29, 0.717) is 5.76 Å². The van der Waals surface area contributed by atoms with Crippen molar-refractivity contribution in [2.45, 2.75) is 0 Å². The molecule has 1 radical (unpaired) electrons. The minimum absolute atomic E-state index is 0.251. The van der Waals surface area contributed by atoms with Crippen LogP contribution in [-0.4, -0.2) is 5.91 Å². The van der Waals surface area contributed by atoms with E-state index >= 15 is 0 Å². The van der Waals surface area contributed by atoms with E-state index in [1.807, 2.05) is 36.4 Å². The highest BCUT2D eigenvalue weighted by Crippen LogP contribution is 2.19. The summed E-state index contributed by atoms with van der Waals surface area (Å²) in [7, 11) is 0. The number of rotatable bonds is 2. The molecule has 0 unspecified atom stereocenters. The number of amides is 1. The lowest BCUT2D eigenvalue weighted by atomic mass is 10.1. The van der Waals surface area contributed by atoms with Gasteiger partial charge in [0.05, 0.1) is 6.26 Å². The summed E-state index contributed by atoms with van der Waals surface area (Å²) in [5, 5.41) is 4.94. The second kappa shape index (κ2) is 4.37. The molecule has 3 heteroatoms. The topological polar surface area (TPSA) is 42.2 Å². The number of carbonyl (C=O) groups excluding carboxylic acids is 1. The van der Waals surface area contributed by atoms with Crippen LogP contribution in [0.15, 0.2) is 59.2 Å². The fourth-order valence-corrected chi connectivity index (χ4v) is 1.81. The normalized spacial score (nSPS) is 10.4. The number of carbonyl (C=O) groups is 1. The van der Waals surface area contributed by atoms with E-state index in [2.05, 4.69) is 11.4 Å². The van der Waals surface area contributed by atoms with E-state index in [1.54, 1.807) is 12.1 Å². The third-order valence-electron chi connectivity index (χ3n) is 2.69. The SMILES string of the molecule is O=C(Nc1ccc2cc[c]cc2c1)c1ccco1. The maximum atomic E-state index is 11.8. The maximum absolute atomic E-state index is 11.8. The maximum Gasteiger partial charge on any atom is 0.291 e. The molecular formula is C15H10NO2. The number of hydrogen-bond donors (Lipinski definition) is 1. The first-order valence-corrected chi connectivity index (χ1v) is 5.58. The van der Waals surface area contributed by atoms with Crippen molar-refractivity contribution in [1.82, 2.24) is 0 Å². The number of fused-ring (bicyclic) bond motifs is 1. The standard InChI is InChI=1S/C15H10NO2/c17-15(14-6-3-9-18-14)16-13-8-7-11-4-1-2-5-12(11)10-13/h1,3-10H,(H,16,17). The molecule has 1 N–H and O–H groups in total. The molecule has 0 aliphatic rings. The minimum atomic E-state index is -0.251. The molecular weight excluding hydrogens is 226 g/mol. The first-order chi connectivity index (χ1) is 8.83. The Hall–Kier alpha value is -2.55. The van der Waals surface area contributed by atoms with Crippen LogP contribution in [0.1, 0.15) is 10.6 Å². The van der Waals surface area contributed by atoms with Crippen LogP contribution >= 0.6 is 0 Å². The fraction of sp³-hybridized carbons (Fsp3) is 0. The first-order valence-electron chi connectivity index (χ1n) is 5.58. The highest BCUT2D eigenvalue weighted by Gasteiger charge is 2.08. The molecule has 0 saturated carbocycles. The van der Waals surface area contributed by atoms with Crippen molar-refractivity contribution in [3.8, 4) is 0 Å². The lowest BCUT2D eigenvalue weighted by molar-refractivity contribution is 0.0996. The molecule has 0 fully saturated rings. The summed E-state index contributed by atoms with van der Waals surface area (Å²) in [5.74, 6) is 0.0500. The Labute approximate surface area is 104 Å². The van der Waals surface area contributed by atoms with Gasteiger partial charge in [-0.25, -0.2) is 0 Å². The molecule has 0 saturated heterocycles. The highest BCUT2D eigenvalue weighted by atomic mass is 16.3. The van der Waals surface area contributed by atoms with Crippen LogP contribution in [0, 0.1) is 6.07 Å². The molecule has 0 aliphatic carbocycles. The summed E-state index contributed by atoms with van der Waals surface area (Å²) < 4.78 is 5.04. The quantitative estimate of drug-likeness (QED) is 0.740. The van der Waals surface area contributed by atoms with Crippen LogP contribution < -0.4 is 5.32 Å². The van der Waals surface area contributed by atoms with E-state index < -0.39 is 0 Å². The zero-order valence-corrected chi connectivity index (χ0v) is 9.51. The van der Waals surface area contributed by atoms with Gasteiger partial charge in [-0.05, 0) is 47.2 Å². The predicted molar refractivity (Wildman–Crippen MR) is 69.4 cm³/mol. The Morgan fingerprint density at radius 1 is 1.17 bits per heavy atom. The summed E-state index contributed by atoms with van der Waals surface area (Å²) in [6.45, 7) is 0. The van der Waals surface area contributed by atoms with Gasteiger partial charge in [0, 0.05) is 5.69 Å². The van der Waals surface area contributed by atoms with Gasteiger partial charge in [-0.2, -0.15) is 0 Å². The van der Waals surface area contributed by atoms with Gasteiger partial charge in [0.2, 0.25) is 0 Å². The summed E-state index contributed by atoms with van der Waals surface area (Å²) in [6, 6.07) is 17.8. The Morgan fingerprint density at radius 3 is 2.94 bits per heavy atom. The van der Waals surface area contributed by atoms with Crippen molar-refractivity contribution >= 4 is 22.4 Å². The van der Waals surface area contributed by atoms with Gasteiger partial charge >= 0.3 is 0 Å². The first kappa shape index (κ1) is 10.6. The van der Waals surface area contributed by atoms with Crippen LogP contribution in [0.2, 0.25) is 0 Å². The smallest absolute Gasteiger partial charge is 0.291 e. The summed E-state index contributed by atoms with van der Waals surface area (Å²) in [6.07, 6.45) is 1.48. The monoisotopic (exact) mass is 236 g/mol. The Bertz CT molecular complexity index is 687. The molecule has 0 atom stereocenters. The highest BCUT2D eigenvalue weighted by molar-refractivity contribution is 6.03. The second-order valence-corrected chi connectivity index (χ2v) is 3.92. The number of furan rings is 1. The number of benzene rings is 2. The van der Waals surface area contributed by atoms with E-state index in [4.69, 9.17) is 4.42 Å². The molecule has 1 heterocycles. The van der Waals surface area contributed by atoms with Gasteiger partial charge in [-0.15, -0.1) is 0 Å². The molecule has 18 heavy (non-hydrogen) atoms. The van der Waals surface area contributed by atoms with Crippen molar-refractivity contribution < 1.29 is 9.21 Å². The molecule has 3 rings (SSSR count). The van der Waals surface area contributed by atoms with E-state index in [-0.39, 0.29) is 5.91 Å². The molecule has 0 spiro atoms. The van der Waals surface area contributed by atoms with Crippen LogP contribution in [0.25, 0.3) is 10.8 Å². The number of anilines is 1. The minimum Gasteiger partial charge on any atom is -0.459 e. The molecule has 1 aromatic heterocycles. The fourth-order valence-electron chi connectivity index (χ4n) is 1.81. The molecule has 87 valence electrons. The summed E-state index contributed by atoms with van der Waals surface area (Å²) >= 11 is 0. The van der Waals surface area contributed by atoms with Gasteiger partial charge in [0.1, 0.15) is 0 Å². The van der Waals surface area contributed by atoms with Crippen molar-refractivity contribution in [1.29, 1.82) is 0 Å². The summed E-state index contributed by atoms with van der Waals surface area (Å²) in [4.78, 5) is 11.8. The van der Waals surface area contributed by atoms with Gasteiger partial charge in [-0.3, -0.25) is 4.79 Å². The molecule has 2 aromatic carbocycles. The average Bonchev–Trinajstić information content (AvgIpc) is 2.92. The molecule has 1 amide bonds. The van der Waals surface area contributed by atoms with Crippen LogP contribution in [0.5, 0.6) is 0 Å². The van der Waals surface area contributed by atoms with Crippen LogP contribution in [-0.2, 0) is 0 Å². The van der Waals surface area contributed by atoms with E-state index in [9.17, 15) is 4.79 Å². The van der Waals surface area contributed by atoms with E-state index in [1.165, 1.54) is 6.26 Å².